The fourth-order valence-corrected chi connectivity index (χ4v) is 1.51. The van der Waals surface area contributed by atoms with Crippen LogP contribution in [0.2, 0.25) is 0 Å². The van der Waals surface area contributed by atoms with Crippen LogP contribution in [0, 0.1) is 17.2 Å². The van der Waals surface area contributed by atoms with E-state index < -0.39 is 0 Å². The maximum absolute atomic E-state index is 8.71. The van der Waals surface area contributed by atoms with Crippen LogP contribution in [0.15, 0.2) is 18.3 Å². The first-order valence-corrected chi connectivity index (χ1v) is 4.87. The first kappa shape index (κ1) is 9.01. The minimum absolute atomic E-state index is 0.491. The Labute approximate surface area is 84.0 Å². The molecule has 0 spiro atoms. The average Bonchev–Trinajstić information content (AvgIpc) is 3.02. The zero-order chi connectivity index (χ0) is 9.97. The number of pyridine rings is 1. The van der Waals surface area contributed by atoms with Gasteiger partial charge in [-0.05, 0) is 30.9 Å². The second-order valence-electron chi connectivity index (χ2n) is 3.83. The van der Waals surface area contributed by atoms with Gasteiger partial charge < -0.3 is 4.90 Å². The Kier molecular flexibility index (Phi) is 2.36. The Hall–Kier alpha value is -1.56. The van der Waals surface area contributed by atoms with Crippen LogP contribution >= 0.6 is 0 Å². The normalized spacial score (nSPS) is 14.9. The highest BCUT2D eigenvalue weighted by Crippen LogP contribution is 2.30. The lowest BCUT2D eigenvalue weighted by atomic mass is 10.3. The molecule has 0 aromatic carbocycles. The van der Waals surface area contributed by atoms with E-state index in [9.17, 15) is 0 Å². The van der Waals surface area contributed by atoms with Crippen molar-refractivity contribution in [2.75, 3.05) is 18.5 Å². The lowest BCUT2D eigenvalue weighted by molar-refractivity contribution is 0.786. The second kappa shape index (κ2) is 3.67. The molecule has 72 valence electrons. The number of nitrogens with zero attached hydrogens (tertiary/aromatic N) is 3. The van der Waals surface area contributed by atoms with E-state index in [4.69, 9.17) is 5.26 Å². The molecule has 14 heavy (non-hydrogen) atoms. The number of aromatic nitrogens is 1. The highest BCUT2D eigenvalue weighted by Gasteiger charge is 2.22. The Morgan fingerprint density at radius 2 is 2.43 bits per heavy atom. The van der Waals surface area contributed by atoms with Crippen LogP contribution in [-0.4, -0.2) is 18.6 Å². The summed E-state index contributed by atoms with van der Waals surface area (Å²) in [5.41, 5.74) is 1.58. The molecule has 0 amide bonds. The zero-order valence-electron chi connectivity index (χ0n) is 8.27. The lowest BCUT2D eigenvalue weighted by Crippen LogP contribution is -2.19. The monoisotopic (exact) mass is 187 g/mol. The molecule has 1 saturated carbocycles. The SMILES string of the molecule is CN(CC1CC1)c1ccnc(C#N)c1. The van der Waals surface area contributed by atoms with Gasteiger partial charge in [0, 0.05) is 25.5 Å². The van der Waals surface area contributed by atoms with Gasteiger partial charge in [-0.2, -0.15) is 5.26 Å². The zero-order valence-corrected chi connectivity index (χ0v) is 8.27. The van der Waals surface area contributed by atoms with Crippen molar-refractivity contribution in [3.8, 4) is 6.07 Å². The van der Waals surface area contributed by atoms with Gasteiger partial charge in [0.05, 0.1) is 0 Å². The van der Waals surface area contributed by atoms with E-state index in [0.29, 0.717) is 5.69 Å². The van der Waals surface area contributed by atoms with E-state index in [1.165, 1.54) is 12.8 Å². The standard InChI is InChI=1S/C11H13N3/c1-14(8-9-2-3-9)11-4-5-13-10(6-11)7-12/h4-6,9H,2-3,8H2,1H3. The van der Waals surface area contributed by atoms with Gasteiger partial charge in [-0.1, -0.05) is 0 Å². The summed E-state index contributed by atoms with van der Waals surface area (Å²) >= 11 is 0. The van der Waals surface area contributed by atoms with Crippen LogP contribution < -0.4 is 4.90 Å². The summed E-state index contributed by atoms with van der Waals surface area (Å²) in [6.07, 6.45) is 4.39. The van der Waals surface area contributed by atoms with Gasteiger partial charge in [0.1, 0.15) is 11.8 Å². The first-order chi connectivity index (χ1) is 6.79. The summed E-state index contributed by atoms with van der Waals surface area (Å²) in [5.74, 6) is 0.860. The van der Waals surface area contributed by atoms with Gasteiger partial charge in [0.2, 0.25) is 0 Å². The Morgan fingerprint density at radius 1 is 1.64 bits per heavy atom. The lowest BCUT2D eigenvalue weighted by Gasteiger charge is -2.18. The summed E-state index contributed by atoms with van der Waals surface area (Å²) in [6.45, 7) is 1.09. The van der Waals surface area contributed by atoms with Crippen LogP contribution in [0.5, 0.6) is 0 Å². The molecular formula is C11H13N3. The molecule has 0 atom stereocenters. The van der Waals surface area contributed by atoms with Crippen molar-refractivity contribution in [3.63, 3.8) is 0 Å². The number of rotatable bonds is 3. The van der Waals surface area contributed by atoms with Crippen LogP contribution in [-0.2, 0) is 0 Å². The molecule has 0 radical (unpaired) electrons. The number of hydrogen-bond donors (Lipinski definition) is 0. The predicted molar refractivity (Wildman–Crippen MR) is 54.9 cm³/mol. The van der Waals surface area contributed by atoms with E-state index in [1.807, 2.05) is 12.1 Å². The van der Waals surface area contributed by atoms with Gasteiger partial charge in [-0.15, -0.1) is 0 Å². The molecule has 0 saturated heterocycles. The molecule has 1 aromatic rings. The van der Waals surface area contributed by atoms with Crippen LogP contribution in [0.1, 0.15) is 18.5 Å². The molecule has 2 rings (SSSR count). The fraction of sp³-hybridized carbons (Fsp3) is 0.455. The van der Waals surface area contributed by atoms with Gasteiger partial charge in [0.15, 0.2) is 0 Å². The molecule has 3 heteroatoms. The molecule has 1 aromatic heterocycles. The highest BCUT2D eigenvalue weighted by atomic mass is 15.1. The molecule has 1 aliphatic rings. The predicted octanol–water partition coefficient (Wildman–Crippen LogP) is 1.80. The average molecular weight is 187 g/mol. The second-order valence-corrected chi connectivity index (χ2v) is 3.83. The van der Waals surface area contributed by atoms with Crippen molar-refractivity contribution >= 4 is 5.69 Å². The van der Waals surface area contributed by atoms with Gasteiger partial charge in [-0.3, -0.25) is 0 Å². The third kappa shape index (κ3) is 2.02. The quantitative estimate of drug-likeness (QED) is 0.724. The summed E-state index contributed by atoms with van der Waals surface area (Å²) in [7, 11) is 2.06. The summed E-state index contributed by atoms with van der Waals surface area (Å²) < 4.78 is 0. The Bertz CT molecular complexity index is 363. The summed E-state index contributed by atoms with van der Waals surface area (Å²) in [4.78, 5) is 6.14. The third-order valence-electron chi connectivity index (χ3n) is 2.53. The minimum atomic E-state index is 0.491. The molecule has 0 aliphatic heterocycles. The Morgan fingerprint density at radius 3 is 3.07 bits per heavy atom. The van der Waals surface area contributed by atoms with Crippen molar-refractivity contribution in [2.45, 2.75) is 12.8 Å². The molecule has 1 aliphatic carbocycles. The molecule has 0 bridgehead atoms. The van der Waals surface area contributed by atoms with Crippen molar-refractivity contribution < 1.29 is 0 Å². The molecule has 0 N–H and O–H groups in total. The first-order valence-electron chi connectivity index (χ1n) is 4.87. The van der Waals surface area contributed by atoms with Gasteiger partial charge in [-0.25, -0.2) is 4.98 Å². The van der Waals surface area contributed by atoms with E-state index >= 15 is 0 Å². The van der Waals surface area contributed by atoms with E-state index in [0.717, 1.165) is 18.2 Å². The van der Waals surface area contributed by atoms with Crippen LogP contribution in [0.25, 0.3) is 0 Å². The largest absolute Gasteiger partial charge is 0.374 e. The van der Waals surface area contributed by atoms with Crippen LogP contribution in [0.3, 0.4) is 0 Å². The number of hydrogen-bond acceptors (Lipinski definition) is 3. The molecular weight excluding hydrogens is 174 g/mol. The van der Waals surface area contributed by atoms with Crippen molar-refractivity contribution in [2.24, 2.45) is 5.92 Å². The van der Waals surface area contributed by atoms with Crippen LogP contribution in [0.4, 0.5) is 5.69 Å². The highest BCUT2D eigenvalue weighted by molar-refractivity contribution is 5.48. The van der Waals surface area contributed by atoms with E-state index in [2.05, 4.69) is 23.0 Å². The van der Waals surface area contributed by atoms with Crippen molar-refractivity contribution in [1.29, 1.82) is 5.26 Å². The topological polar surface area (TPSA) is 39.9 Å². The molecule has 0 unspecified atom stereocenters. The molecule has 1 heterocycles. The molecule has 3 nitrogen and oxygen atoms in total. The summed E-state index contributed by atoms with van der Waals surface area (Å²) in [5, 5.41) is 8.71. The van der Waals surface area contributed by atoms with E-state index in [-0.39, 0.29) is 0 Å². The van der Waals surface area contributed by atoms with Gasteiger partial charge in [0.25, 0.3) is 0 Å². The maximum Gasteiger partial charge on any atom is 0.142 e. The Balaban J connectivity index is 2.09. The number of anilines is 1. The smallest absolute Gasteiger partial charge is 0.142 e. The minimum Gasteiger partial charge on any atom is -0.374 e. The molecule has 1 fully saturated rings. The third-order valence-corrected chi connectivity index (χ3v) is 2.53. The maximum atomic E-state index is 8.71. The van der Waals surface area contributed by atoms with Crippen molar-refractivity contribution in [3.05, 3.63) is 24.0 Å². The van der Waals surface area contributed by atoms with E-state index in [1.54, 1.807) is 6.20 Å². The van der Waals surface area contributed by atoms with Crippen molar-refractivity contribution in [1.82, 2.24) is 4.98 Å². The number of nitriles is 1. The van der Waals surface area contributed by atoms with Gasteiger partial charge >= 0.3 is 0 Å². The summed E-state index contributed by atoms with van der Waals surface area (Å²) in [6, 6.07) is 5.84. The fourth-order valence-electron chi connectivity index (χ4n) is 1.51.